The number of nitrogens with one attached hydrogen (secondary N) is 1. The highest BCUT2D eigenvalue weighted by molar-refractivity contribution is 5.68. The number of nitro benzene ring substituents is 1. The number of benzene rings is 1. The molecule has 1 N–H and O–H groups in total. The number of nitro groups is 1. The molecule has 0 atom stereocenters. The fourth-order valence-corrected chi connectivity index (χ4v) is 1.66. The number of hydrogen-bond donors (Lipinski definition) is 1. The van der Waals surface area contributed by atoms with Gasteiger partial charge in [-0.1, -0.05) is 13.0 Å². The van der Waals surface area contributed by atoms with Crippen molar-refractivity contribution >= 4 is 11.4 Å². The van der Waals surface area contributed by atoms with E-state index in [4.69, 9.17) is 9.47 Å². The highest BCUT2D eigenvalue weighted by atomic mass is 16.6. The maximum atomic E-state index is 11.0. The summed E-state index contributed by atoms with van der Waals surface area (Å²) in [7, 11) is 1.42. The molecule has 0 heterocycles. The first-order chi connectivity index (χ1) is 9.20. The first-order valence-electron chi connectivity index (χ1n) is 6.33. The maximum absolute atomic E-state index is 11.0. The monoisotopic (exact) mass is 268 g/mol. The summed E-state index contributed by atoms with van der Waals surface area (Å²) in [6, 6.07) is 4.98. The van der Waals surface area contributed by atoms with Gasteiger partial charge in [0.25, 0.3) is 0 Å². The molecular formula is C13H20N2O4. The lowest BCUT2D eigenvalue weighted by Crippen LogP contribution is -2.08. The van der Waals surface area contributed by atoms with E-state index < -0.39 is 4.92 Å². The molecule has 0 spiro atoms. The van der Waals surface area contributed by atoms with Gasteiger partial charge in [-0.3, -0.25) is 10.1 Å². The summed E-state index contributed by atoms with van der Waals surface area (Å²) < 4.78 is 10.3. The number of hydrogen-bond acceptors (Lipinski definition) is 5. The second-order valence-corrected chi connectivity index (χ2v) is 4.01. The van der Waals surface area contributed by atoms with Gasteiger partial charge in [-0.05, 0) is 25.0 Å². The molecule has 0 unspecified atom stereocenters. The Kier molecular flexibility index (Phi) is 6.67. The molecule has 0 radical (unpaired) electrons. The predicted octanol–water partition coefficient (Wildman–Crippen LogP) is 2.83. The summed E-state index contributed by atoms with van der Waals surface area (Å²) in [4.78, 5) is 10.6. The zero-order valence-electron chi connectivity index (χ0n) is 11.3. The van der Waals surface area contributed by atoms with Gasteiger partial charge in [-0.15, -0.1) is 0 Å². The van der Waals surface area contributed by atoms with Crippen molar-refractivity contribution in [3.8, 4) is 5.75 Å². The van der Waals surface area contributed by atoms with Crippen molar-refractivity contribution < 1.29 is 14.4 Å². The Morgan fingerprint density at radius 2 is 2.16 bits per heavy atom. The Bertz CT molecular complexity index is 410. The van der Waals surface area contributed by atoms with Gasteiger partial charge in [0, 0.05) is 19.8 Å². The lowest BCUT2D eigenvalue weighted by atomic mass is 10.2. The SMILES string of the molecule is CCCOCCCNc1cccc(OC)c1[N+](=O)[O-]. The minimum atomic E-state index is -0.436. The average Bonchev–Trinajstić information content (AvgIpc) is 2.42. The average molecular weight is 268 g/mol. The van der Waals surface area contributed by atoms with Crippen LogP contribution < -0.4 is 10.1 Å². The molecule has 0 amide bonds. The van der Waals surface area contributed by atoms with Crippen LogP contribution in [0.2, 0.25) is 0 Å². The minimum absolute atomic E-state index is 0.0283. The molecule has 1 aromatic carbocycles. The van der Waals surface area contributed by atoms with Gasteiger partial charge < -0.3 is 14.8 Å². The van der Waals surface area contributed by atoms with E-state index in [1.807, 2.05) is 0 Å². The van der Waals surface area contributed by atoms with Gasteiger partial charge in [-0.25, -0.2) is 0 Å². The third kappa shape index (κ3) is 4.75. The molecule has 0 aliphatic carbocycles. The second-order valence-electron chi connectivity index (χ2n) is 4.01. The first kappa shape index (κ1) is 15.2. The van der Waals surface area contributed by atoms with Crippen molar-refractivity contribution in [2.24, 2.45) is 0 Å². The van der Waals surface area contributed by atoms with Crippen LogP contribution in [0.3, 0.4) is 0 Å². The summed E-state index contributed by atoms with van der Waals surface area (Å²) >= 11 is 0. The number of para-hydroxylation sites is 1. The normalized spacial score (nSPS) is 10.2. The third-order valence-electron chi connectivity index (χ3n) is 2.53. The second kappa shape index (κ2) is 8.31. The minimum Gasteiger partial charge on any atom is -0.490 e. The van der Waals surface area contributed by atoms with E-state index in [9.17, 15) is 10.1 Å². The molecule has 0 aromatic heterocycles. The van der Waals surface area contributed by atoms with E-state index in [-0.39, 0.29) is 11.4 Å². The topological polar surface area (TPSA) is 73.6 Å². The fraction of sp³-hybridized carbons (Fsp3) is 0.538. The number of rotatable bonds is 9. The smallest absolute Gasteiger partial charge is 0.333 e. The van der Waals surface area contributed by atoms with Crippen LogP contribution in [-0.4, -0.2) is 31.8 Å². The largest absolute Gasteiger partial charge is 0.490 e. The molecule has 0 aliphatic heterocycles. The van der Waals surface area contributed by atoms with Gasteiger partial charge in [0.05, 0.1) is 12.0 Å². The fourth-order valence-electron chi connectivity index (χ4n) is 1.66. The van der Waals surface area contributed by atoms with Crippen LogP contribution in [0.5, 0.6) is 5.75 Å². The van der Waals surface area contributed by atoms with Gasteiger partial charge in [-0.2, -0.15) is 0 Å². The molecule has 0 bridgehead atoms. The highest BCUT2D eigenvalue weighted by Gasteiger charge is 2.19. The maximum Gasteiger partial charge on any atom is 0.333 e. The first-order valence-corrected chi connectivity index (χ1v) is 6.33. The van der Waals surface area contributed by atoms with Crippen molar-refractivity contribution in [2.75, 3.05) is 32.2 Å². The van der Waals surface area contributed by atoms with Crippen LogP contribution in [0.4, 0.5) is 11.4 Å². The molecule has 0 saturated carbocycles. The van der Waals surface area contributed by atoms with E-state index in [0.717, 1.165) is 19.4 Å². The quantitative estimate of drug-likeness (QED) is 0.423. The Hall–Kier alpha value is -1.82. The number of ether oxygens (including phenoxy) is 2. The summed E-state index contributed by atoms with van der Waals surface area (Å²) in [5.74, 6) is 0.261. The van der Waals surface area contributed by atoms with Crippen LogP contribution in [0, 0.1) is 10.1 Å². The Balaban J connectivity index is 2.55. The van der Waals surface area contributed by atoms with Gasteiger partial charge in [0.15, 0.2) is 5.75 Å². The summed E-state index contributed by atoms with van der Waals surface area (Å²) in [5.41, 5.74) is 0.444. The van der Waals surface area contributed by atoms with E-state index in [2.05, 4.69) is 12.2 Å². The summed E-state index contributed by atoms with van der Waals surface area (Å²) in [5, 5.41) is 14.1. The van der Waals surface area contributed by atoms with Crippen molar-refractivity contribution in [1.82, 2.24) is 0 Å². The molecule has 0 fully saturated rings. The Morgan fingerprint density at radius 1 is 1.37 bits per heavy atom. The molecule has 106 valence electrons. The molecular weight excluding hydrogens is 248 g/mol. The zero-order chi connectivity index (χ0) is 14.1. The highest BCUT2D eigenvalue weighted by Crippen LogP contribution is 2.34. The van der Waals surface area contributed by atoms with Crippen LogP contribution >= 0.6 is 0 Å². The van der Waals surface area contributed by atoms with Crippen LogP contribution in [-0.2, 0) is 4.74 Å². The van der Waals surface area contributed by atoms with Crippen LogP contribution in [0.1, 0.15) is 19.8 Å². The number of methoxy groups -OCH3 is 1. The molecule has 19 heavy (non-hydrogen) atoms. The Morgan fingerprint density at radius 3 is 2.79 bits per heavy atom. The summed E-state index contributed by atoms with van der Waals surface area (Å²) in [6.07, 6.45) is 1.79. The van der Waals surface area contributed by atoms with E-state index in [1.165, 1.54) is 7.11 Å². The van der Waals surface area contributed by atoms with Gasteiger partial charge >= 0.3 is 5.69 Å². The van der Waals surface area contributed by atoms with Gasteiger partial charge in [0.2, 0.25) is 0 Å². The zero-order valence-corrected chi connectivity index (χ0v) is 11.3. The lowest BCUT2D eigenvalue weighted by Gasteiger charge is -2.09. The van der Waals surface area contributed by atoms with Crippen molar-refractivity contribution in [2.45, 2.75) is 19.8 Å². The predicted molar refractivity (Wildman–Crippen MR) is 73.9 cm³/mol. The molecule has 0 aliphatic rings. The number of anilines is 1. The van der Waals surface area contributed by atoms with Gasteiger partial charge in [0.1, 0.15) is 5.69 Å². The molecule has 1 rings (SSSR count). The number of nitrogens with zero attached hydrogens (tertiary/aromatic N) is 1. The van der Waals surface area contributed by atoms with Crippen molar-refractivity contribution in [3.63, 3.8) is 0 Å². The lowest BCUT2D eigenvalue weighted by molar-refractivity contribution is -0.384. The van der Waals surface area contributed by atoms with E-state index in [1.54, 1.807) is 18.2 Å². The van der Waals surface area contributed by atoms with Crippen LogP contribution in [0.25, 0.3) is 0 Å². The van der Waals surface area contributed by atoms with Crippen LogP contribution in [0.15, 0.2) is 18.2 Å². The third-order valence-corrected chi connectivity index (χ3v) is 2.53. The van der Waals surface area contributed by atoms with E-state index in [0.29, 0.717) is 18.8 Å². The van der Waals surface area contributed by atoms with Crippen molar-refractivity contribution in [1.29, 1.82) is 0 Å². The van der Waals surface area contributed by atoms with Crippen molar-refractivity contribution in [3.05, 3.63) is 28.3 Å². The standard InChI is InChI=1S/C13H20N2O4/c1-3-9-19-10-5-8-14-11-6-4-7-12(18-2)13(11)15(16)17/h4,6-7,14H,3,5,8-10H2,1-2H3. The summed E-state index contributed by atoms with van der Waals surface area (Å²) in [6.45, 7) is 4.08. The molecule has 0 saturated heterocycles. The Labute approximate surface area is 112 Å². The van der Waals surface area contributed by atoms with E-state index >= 15 is 0 Å². The molecule has 6 nitrogen and oxygen atoms in total. The molecule has 6 heteroatoms. The molecule has 1 aromatic rings.